The minimum absolute atomic E-state index is 0.551. The van der Waals surface area contributed by atoms with Crippen LogP contribution in [0.15, 0.2) is 11.6 Å². The maximum absolute atomic E-state index is 5.15. The summed E-state index contributed by atoms with van der Waals surface area (Å²) in [6, 6.07) is 0. The highest BCUT2D eigenvalue weighted by molar-refractivity contribution is 9.09. The first kappa shape index (κ1) is 10.8. The van der Waals surface area contributed by atoms with Gasteiger partial charge in [0.1, 0.15) is 0 Å². The molecule has 0 rings (SSSR count). The molecule has 0 fully saturated rings. The summed E-state index contributed by atoms with van der Waals surface area (Å²) < 4.78 is 0. The first-order valence-corrected chi connectivity index (χ1v) is 4.81. The van der Waals surface area contributed by atoms with E-state index in [-0.39, 0.29) is 0 Å². The number of rotatable bonds is 4. The fourth-order valence-electron chi connectivity index (χ4n) is 0.809. The van der Waals surface area contributed by atoms with Gasteiger partial charge in [0.15, 0.2) is 0 Å². The van der Waals surface area contributed by atoms with Crippen LogP contribution in [0.2, 0.25) is 0 Å². The van der Waals surface area contributed by atoms with Crippen molar-refractivity contribution in [1.82, 2.24) is 0 Å². The molecule has 0 amide bonds. The van der Waals surface area contributed by atoms with Crippen molar-refractivity contribution in [2.75, 3.05) is 0 Å². The van der Waals surface area contributed by atoms with Gasteiger partial charge < -0.3 is 0 Å². The van der Waals surface area contributed by atoms with Crippen molar-refractivity contribution in [2.24, 2.45) is 0 Å². The molecule has 0 radical (unpaired) electrons. The Bertz CT molecular complexity index is 162. The van der Waals surface area contributed by atoms with Crippen LogP contribution in [0.3, 0.4) is 0 Å². The third-order valence-electron chi connectivity index (χ3n) is 1.64. The van der Waals surface area contributed by atoms with Gasteiger partial charge in [-0.05, 0) is 26.7 Å². The second-order valence-corrected chi connectivity index (χ2v) is 3.97. The number of hydrogen-bond acceptors (Lipinski definition) is 0. The van der Waals surface area contributed by atoms with Crippen molar-refractivity contribution >= 4 is 15.9 Å². The molecule has 0 N–H and O–H groups in total. The van der Waals surface area contributed by atoms with Crippen molar-refractivity contribution < 1.29 is 0 Å². The molecule has 1 atom stereocenters. The van der Waals surface area contributed by atoms with Crippen LogP contribution in [0.4, 0.5) is 0 Å². The van der Waals surface area contributed by atoms with Gasteiger partial charge in [0.2, 0.25) is 0 Å². The zero-order valence-electron chi connectivity index (χ0n) is 7.23. The fraction of sp³-hybridized carbons (Fsp3) is 0.600. The smallest absolute Gasteiger partial charge is 0.0191 e. The normalized spacial score (nSPS) is 14.2. The Hall–Kier alpha value is -0.220. The van der Waals surface area contributed by atoms with Crippen molar-refractivity contribution in [3.05, 3.63) is 11.6 Å². The fourth-order valence-corrected chi connectivity index (χ4v) is 1.55. The number of terminal acetylenes is 1. The third kappa shape index (κ3) is 6.19. The summed E-state index contributed by atoms with van der Waals surface area (Å²) in [4.78, 5) is 0.551. The molecule has 1 heteroatoms. The Labute approximate surface area is 78.2 Å². The molecule has 0 aliphatic heterocycles. The third-order valence-corrected chi connectivity index (χ3v) is 2.42. The second kappa shape index (κ2) is 6.49. The van der Waals surface area contributed by atoms with E-state index >= 15 is 0 Å². The van der Waals surface area contributed by atoms with Crippen LogP contribution >= 0.6 is 15.9 Å². The zero-order chi connectivity index (χ0) is 8.69. The topological polar surface area (TPSA) is 0 Å². The SMILES string of the molecule is C#CCCC(Br)C/C(C)=C/C. The first-order chi connectivity index (χ1) is 5.20. The van der Waals surface area contributed by atoms with Gasteiger partial charge in [0, 0.05) is 11.2 Å². The standard InChI is InChI=1S/C10H15Br/c1-4-6-7-10(11)8-9(3)5-2/h1,5,10H,6-8H2,2-3H3/b9-5+. The lowest BCUT2D eigenvalue weighted by atomic mass is 10.1. The molecule has 0 aromatic heterocycles. The first-order valence-electron chi connectivity index (χ1n) is 3.90. The minimum Gasteiger partial charge on any atom is -0.120 e. The molecular formula is C10H15Br. The summed E-state index contributed by atoms with van der Waals surface area (Å²) in [6.07, 6.45) is 10.3. The van der Waals surface area contributed by atoms with E-state index in [1.165, 1.54) is 5.57 Å². The van der Waals surface area contributed by atoms with Crippen LogP contribution in [0, 0.1) is 12.3 Å². The Kier molecular flexibility index (Phi) is 6.36. The van der Waals surface area contributed by atoms with E-state index in [9.17, 15) is 0 Å². The summed E-state index contributed by atoms with van der Waals surface area (Å²) in [5, 5.41) is 0. The van der Waals surface area contributed by atoms with Crippen molar-refractivity contribution in [2.45, 2.75) is 37.9 Å². The van der Waals surface area contributed by atoms with Crippen molar-refractivity contribution in [3.63, 3.8) is 0 Å². The van der Waals surface area contributed by atoms with Gasteiger partial charge in [-0.1, -0.05) is 27.6 Å². The van der Waals surface area contributed by atoms with Gasteiger partial charge in [-0.15, -0.1) is 12.3 Å². The predicted molar refractivity (Wildman–Crippen MR) is 54.8 cm³/mol. The Balaban J connectivity index is 3.53. The maximum atomic E-state index is 5.15. The highest BCUT2D eigenvalue weighted by Gasteiger charge is 2.02. The molecular weight excluding hydrogens is 200 g/mol. The van der Waals surface area contributed by atoms with E-state index < -0.39 is 0 Å². The van der Waals surface area contributed by atoms with Gasteiger partial charge in [-0.2, -0.15) is 0 Å². The average Bonchev–Trinajstić information content (AvgIpc) is 2.00. The Morgan fingerprint density at radius 2 is 2.36 bits per heavy atom. The predicted octanol–water partition coefficient (Wildman–Crippen LogP) is 3.52. The molecule has 0 saturated carbocycles. The van der Waals surface area contributed by atoms with Gasteiger partial charge in [0.05, 0.1) is 0 Å². The van der Waals surface area contributed by atoms with E-state index in [1.807, 2.05) is 0 Å². The molecule has 0 saturated heterocycles. The maximum Gasteiger partial charge on any atom is 0.0191 e. The number of alkyl halides is 1. The highest BCUT2D eigenvalue weighted by Crippen LogP contribution is 2.16. The molecule has 0 aromatic rings. The largest absolute Gasteiger partial charge is 0.120 e. The van der Waals surface area contributed by atoms with Gasteiger partial charge in [-0.3, -0.25) is 0 Å². The molecule has 0 aliphatic carbocycles. The molecule has 0 spiro atoms. The van der Waals surface area contributed by atoms with Crippen LogP contribution < -0.4 is 0 Å². The monoisotopic (exact) mass is 214 g/mol. The van der Waals surface area contributed by atoms with E-state index in [2.05, 4.69) is 41.8 Å². The molecule has 1 unspecified atom stereocenters. The number of hydrogen-bond donors (Lipinski definition) is 0. The minimum atomic E-state index is 0.551. The van der Waals surface area contributed by atoms with Gasteiger partial charge in [-0.25, -0.2) is 0 Å². The molecule has 62 valence electrons. The second-order valence-electron chi connectivity index (χ2n) is 2.68. The van der Waals surface area contributed by atoms with Crippen LogP contribution in [0.25, 0.3) is 0 Å². The van der Waals surface area contributed by atoms with E-state index in [4.69, 9.17) is 6.42 Å². The summed E-state index contributed by atoms with van der Waals surface area (Å²) in [7, 11) is 0. The Morgan fingerprint density at radius 1 is 1.73 bits per heavy atom. The van der Waals surface area contributed by atoms with Crippen LogP contribution in [-0.2, 0) is 0 Å². The molecule has 0 nitrogen and oxygen atoms in total. The van der Waals surface area contributed by atoms with Gasteiger partial charge >= 0.3 is 0 Å². The van der Waals surface area contributed by atoms with Crippen molar-refractivity contribution in [1.29, 1.82) is 0 Å². The average molecular weight is 215 g/mol. The zero-order valence-corrected chi connectivity index (χ0v) is 8.82. The lowest BCUT2D eigenvalue weighted by Gasteiger charge is -2.06. The number of allylic oxidation sites excluding steroid dienone is 2. The quantitative estimate of drug-likeness (QED) is 0.382. The molecule has 11 heavy (non-hydrogen) atoms. The van der Waals surface area contributed by atoms with Crippen LogP contribution in [0.1, 0.15) is 33.1 Å². The molecule has 0 aromatic carbocycles. The summed E-state index contributed by atoms with van der Waals surface area (Å²) in [6.45, 7) is 4.21. The number of halogens is 1. The lowest BCUT2D eigenvalue weighted by Crippen LogP contribution is -1.97. The van der Waals surface area contributed by atoms with Crippen molar-refractivity contribution in [3.8, 4) is 12.3 Å². The van der Waals surface area contributed by atoms with E-state index in [0.717, 1.165) is 19.3 Å². The summed E-state index contributed by atoms with van der Waals surface area (Å²) in [5.41, 5.74) is 1.42. The molecule has 0 heterocycles. The summed E-state index contributed by atoms with van der Waals surface area (Å²) >= 11 is 3.58. The molecule has 0 aliphatic rings. The van der Waals surface area contributed by atoms with Crippen LogP contribution in [-0.4, -0.2) is 4.83 Å². The summed E-state index contributed by atoms with van der Waals surface area (Å²) in [5.74, 6) is 2.64. The Morgan fingerprint density at radius 3 is 2.82 bits per heavy atom. The van der Waals surface area contributed by atoms with E-state index in [0.29, 0.717) is 4.83 Å². The van der Waals surface area contributed by atoms with Gasteiger partial charge in [0.25, 0.3) is 0 Å². The van der Waals surface area contributed by atoms with Crippen LogP contribution in [0.5, 0.6) is 0 Å². The van der Waals surface area contributed by atoms with E-state index in [1.54, 1.807) is 0 Å². The molecule has 0 bridgehead atoms. The highest BCUT2D eigenvalue weighted by atomic mass is 79.9. The lowest BCUT2D eigenvalue weighted by molar-refractivity contribution is 0.781.